The van der Waals surface area contributed by atoms with Crippen molar-refractivity contribution in [1.29, 1.82) is 0 Å². The minimum absolute atomic E-state index is 0.587. The van der Waals surface area contributed by atoms with Crippen LogP contribution in [-0.4, -0.2) is 17.3 Å². The number of hydrogen-bond donors (Lipinski definition) is 1. The molecular weight excluding hydrogens is 236 g/mol. The second kappa shape index (κ2) is 4.85. The van der Waals surface area contributed by atoms with E-state index in [-0.39, 0.29) is 0 Å². The third-order valence-electron chi connectivity index (χ3n) is 3.47. The van der Waals surface area contributed by atoms with Gasteiger partial charge >= 0.3 is 0 Å². The van der Waals surface area contributed by atoms with E-state index in [1.54, 1.807) is 0 Å². The van der Waals surface area contributed by atoms with Gasteiger partial charge in [0.1, 0.15) is 5.75 Å². The molecule has 2 atom stereocenters. The van der Waals surface area contributed by atoms with Crippen LogP contribution < -0.4 is 4.74 Å². The van der Waals surface area contributed by atoms with Crippen LogP contribution in [0.2, 0.25) is 0 Å². The first kappa shape index (κ1) is 11.9. The predicted molar refractivity (Wildman–Crippen MR) is 61.6 cm³/mol. The number of fused-ring (bicyclic) bond motifs is 1. The van der Waals surface area contributed by atoms with Crippen LogP contribution >= 0.6 is 0 Å². The molecule has 0 amide bonds. The molecule has 2 heterocycles. The average molecular weight is 252 g/mol. The first-order chi connectivity index (χ1) is 8.81. The second-order valence-corrected chi connectivity index (χ2v) is 4.73. The molecule has 1 fully saturated rings. The molecule has 1 saturated heterocycles. The molecule has 5 heteroatoms. The summed E-state index contributed by atoms with van der Waals surface area (Å²) in [4.78, 5) is 14.6. The van der Waals surface area contributed by atoms with Crippen molar-refractivity contribution in [2.24, 2.45) is 0 Å². The SMILES string of the molecule is OOC1CCCC2(CCc3ccccc3O2)OO1. The summed E-state index contributed by atoms with van der Waals surface area (Å²) in [5.41, 5.74) is 1.19. The predicted octanol–water partition coefficient (Wildman–Crippen LogP) is 2.66. The molecular formula is C13H16O5. The minimum Gasteiger partial charge on any atom is -0.459 e. The zero-order valence-electron chi connectivity index (χ0n) is 10.0. The van der Waals surface area contributed by atoms with Gasteiger partial charge in [-0.2, -0.15) is 9.78 Å². The molecule has 0 aliphatic carbocycles. The van der Waals surface area contributed by atoms with Gasteiger partial charge < -0.3 is 4.74 Å². The topological polar surface area (TPSA) is 57.2 Å². The van der Waals surface area contributed by atoms with E-state index in [1.165, 1.54) is 5.56 Å². The molecule has 2 aliphatic rings. The number of aryl methyl sites for hydroxylation is 1. The van der Waals surface area contributed by atoms with Crippen LogP contribution in [-0.2, 0) is 21.1 Å². The summed E-state index contributed by atoms with van der Waals surface area (Å²) in [7, 11) is 0. The number of hydrogen-bond acceptors (Lipinski definition) is 5. The molecule has 0 radical (unpaired) electrons. The highest BCUT2D eigenvalue weighted by atomic mass is 17.3. The summed E-state index contributed by atoms with van der Waals surface area (Å²) < 4.78 is 5.95. The summed E-state index contributed by atoms with van der Waals surface area (Å²) in [5.74, 6) is 0.0949. The Bertz CT molecular complexity index is 422. The highest BCUT2D eigenvalue weighted by Crippen LogP contribution is 2.38. The lowest BCUT2D eigenvalue weighted by atomic mass is 9.96. The maximum Gasteiger partial charge on any atom is 0.241 e. The Kier molecular flexibility index (Phi) is 3.22. The molecule has 1 spiro atoms. The molecule has 0 aromatic heterocycles. The molecule has 2 aliphatic heterocycles. The smallest absolute Gasteiger partial charge is 0.241 e. The normalized spacial score (nSPS) is 31.5. The number of benzene rings is 1. The minimum atomic E-state index is -0.748. The molecule has 2 unspecified atom stereocenters. The van der Waals surface area contributed by atoms with E-state index in [1.807, 2.05) is 18.2 Å². The maximum absolute atomic E-state index is 8.61. The van der Waals surface area contributed by atoms with Gasteiger partial charge in [0.25, 0.3) is 0 Å². The number of rotatable bonds is 1. The number of ether oxygens (including phenoxy) is 1. The monoisotopic (exact) mass is 252 g/mol. The van der Waals surface area contributed by atoms with Crippen LogP contribution in [0.3, 0.4) is 0 Å². The lowest BCUT2D eigenvalue weighted by Gasteiger charge is -2.35. The van der Waals surface area contributed by atoms with Gasteiger partial charge in [-0.3, -0.25) is 0 Å². The van der Waals surface area contributed by atoms with Crippen molar-refractivity contribution in [2.75, 3.05) is 0 Å². The maximum atomic E-state index is 8.61. The fraction of sp³-hybridized carbons (Fsp3) is 0.538. The molecule has 5 nitrogen and oxygen atoms in total. The molecule has 3 rings (SSSR count). The van der Waals surface area contributed by atoms with Gasteiger partial charge in [-0.1, -0.05) is 18.2 Å². The van der Waals surface area contributed by atoms with Gasteiger partial charge in [0.2, 0.25) is 12.1 Å². The van der Waals surface area contributed by atoms with Crippen LogP contribution in [0.1, 0.15) is 31.2 Å². The standard InChI is InChI=1S/C13H16O5/c14-16-12-6-3-8-13(18-17-12)9-7-10-4-1-2-5-11(10)15-13/h1-2,4-5,12,14H,3,6-9H2. The van der Waals surface area contributed by atoms with Crippen LogP contribution in [0.5, 0.6) is 5.75 Å². The average Bonchev–Trinajstić information content (AvgIpc) is 2.61. The molecule has 1 aromatic carbocycles. The Balaban J connectivity index is 1.77. The van der Waals surface area contributed by atoms with Crippen molar-refractivity contribution in [2.45, 2.75) is 44.2 Å². The second-order valence-electron chi connectivity index (χ2n) is 4.73. The molecule has 18 heavy (non-hydrogen) atoms. The number of para-hydroxylation sites is 1. The van der Waals surface area contributed by atoms with E-state index in [9.17, 15) is 0 Å². The van der Waals surface area contributed by atoms with Gasteiger partial charge in [-0.05, 0) is 24.5 Å². The Morgan fingerprint density at radius 1 is 1.28 bits per heavy atom. The zero-order valence-corrected chi connectivity index (χ0v) is 10.0. The van der Waals surface area contributed by atoms with Crippen LogP contribution in [0.25, 0.3) is 0 Å². The van der Waals surface area contributed by atoms with Gasteiger partial charge in [0, 0.05) is 19.3 Å². The van der Waals surface area contributed by atoms with Gasteiger partial charge in [-0.15, -0.1) is 0 Å². The van der Waals surface area contributed by atoms with Crippen LogP contribution in [0.4, 0.5) is 0 Å². The van der Waals surface area contributed by atoms with Crippen molar-refractivity contribution in [3.05, 3.63) is 29.8 Å². The molecule has 1 aromatic rings. The van der Waals surface area contributed by atoms with E-state index >= 15 is 0 Å². The van der Waals surface area contributed by atoms with Crippen molar-refractivity contribution < 1.29 is 24.7 Å². The third kappa shape index (κ3) is 2.22. The quantitative estimate of drug-likeness (QED) is 0.615. The van der Waals surface area contributed by atoms with Gasteiger partial charge in [0.15, 0.2) is 0 Å². The highest BCUT2D eigenvalue weighted by Gasteiger charge is 2.41. The van der Waals surface area contributed by atoms with Crippen molar-refractivity contribution in [3.8, 4) is 5.75 Å². The van der Waals surface area contributed by atoms with Gasteiger partial charge in [0.05, 0.1) is 0 Å². The van der Waals surface area contributed by atoms with Crippen LogP contribution in [0, 0.1) is 0 Å². The fourth-order valence-corrected chi connectivity index (χ4v) is 2.46. The Morgan fingerprint density at radius 2 is 2.17 bits per heavy atom. The zero-order chi connectivity index (χ0) is 12.4. The van der Waals surface area contributed by atoms with Crippen molar-refractivity contribution >= 4 is 0 Å². The highest BCUT2D eigenvalue weighted by molar-refractivity contribution is 5.35. The lowest BCUT2D eigenvalue weighted by Crippen LogP contribution is -2.42. The van der Waals surface area contributed by atoms with Crippen LogP contribution in [0.15, 0.2) is 24.3 Å². The third-order valence-corrected chi connectivity index (χ3v) is 3.47. The summed E-state index contributed by atoms with van der Waals surface area (Å²) in [6.45, 7) is 0. The van der Waals surface area contributed by atoms with E-state index in [0.717, 1.165) is 31.4 Å². The van der Waals surface area contributed by atoms with Crippen molar-refractivity contribution in [3.63, 3.8) is 0 Å². The Morgan fingerprint density at radius 3 is 3.06 bits per heavy atom. The molecule has 98 valence electrons. The van der Waals surface area contributed by atoms with E-state index in [4.69, 9.17) is 19.8 Å². The molecule has 0 saturated carbocycles. The first-order valence-electron chi connectivity index (χ1n) is 6.23. The largest absolute Gasteiger partial charge is 0.459 e. The summed E-state index contributed by atoms with van der Waals surface area (Å²) in [5, 5.41) is 8.61. The lowest BCUT2D eigenvalue weighted by molar-refractivity contribution is -0.492. The van der Waals surface area contributed by atoms with E-state index in [2.05, 4.69) is 11.0 Å². The summed E-state index contributed by atoms with van der Waals surface area (Å²) in [6, 6.07) is 7.93. The summed E-state index contributed by atoms with van der Waals surface area (Å²) in [6.07, 6.45) is 3.02. The summed E-state index contributed by atoms with van der Waals surface area (Å²) >= 11 is 0. The van der Waals surface area contributed by atoms with Gasteiger partial charge in [-0.25, -0.2) is 10.1 Å². The fourth-order valence-electron chi connectivity index (χ4n) is 2.46. The van der Waals surface area contributed by atoms with E-state index in [0.29, 0.717) is 6.42 Å². The van der Waals surface area contributed by atoms with E-state index < -0.39 is 12.1 Å². The Labute approximate surface area is 105 Å². The van der Waals surface area contributed by atoms with Crippen molar-refractivity contribution in [1.82, 2.24) is 0 Å². The molecule has 0 bridgehead atoms. The molecule has 1 N–H and O–H groups in total. The first-order valence-corrected chi connectivity index (χ1v) is 6.23. The Hall–Kier alpha value is -1.14.